The van der Waals surface area contributed by atoms with E-state index in [1.54, 1.807) is 0 Å². The molecule has 4 heteroatoms. The van der Waals surface area contributed by atoms with Crippen LogP contribution >= 0.6 is 0 Å². The normalized spacial score (nSPS) is 7.12. The van der Waals surface area contributed by atoms with Crippen molar-refractivity contribution < 1.29 is 66.4 Å². The van der Waals surface area contributed by atoms with Gasteiger partial charge in [-0.15, -0.1) is 0 Å². The summed E-state index contributed by atoms with van der Waals surface area (Å²) in [5.74, 6) is -1.40. The van der Waals surface area contributed by atoms with Crippen LogP contribution in [0.2, 0.25) is 0 Å². The second-order valence-corrected chi connectivity index (χ2v) is 1.05. The molecule has 0 aromatic rings. The molecule has 8 heavy (non-hydrogen) atoms. The van der Waals surface area contributed by atoms with Crippen molar-refractivity contribution in [2.45, 2.75) is 0 Å². The van der Waals surface area contributed by atoms with E-state index in [1.165, 1.54) is 0 Å². The van der Waals surface area contributed by atoms with Crippen LogP contribution < -0.4 is 56.5 Å². The largest absolute Gasteiger partial charge is 1.00 e. The van der Waals surface area contributed by atoms with Crippen molar-refractivity contribution >= 4 is 5.97 Å². The van der Waals surface area contributed by atoms with Crippen LogP contribution in [0.3, 0.4) is 0 Å². The monoisotopic (exact) mass is 140 g/mol. The number of hydrogen-bond acceptors (Lipinski definition) is 3. The van der Waals surface area contributed by atoms with Crippen molar-refractivity contribution in [3.63, 3.8) is 0 Å². The minimum Gasteiger partial charge on any atom is -0.545 e. The average Bonchev–Trinajstić information content (AvgIpc) is 1.65. The van der Waals surface area contributed by atoms with E-state index in [0.717, 1.165) is 0 Å². The number of aliphatic hydroxyl groups excluding tert-OH is 1. The Hall–Kier alpha value is 0.806. The van der Waals surface area contributed by atoms with E-state index < -0.39 is 12.6 Å². The molecule has 0 atom stereocenters. The van der Waals surface area contributed by atoms with E-state index in [1.807, 2.05) is 0 Å². The topological polar surface area (TPSA) is 60.4 Å². The summed E-state index contributed by atoms with van der Waals surface area (Å²) >= 11 is 0. The van der Waals surface area contributed by atoms with E-state index >= 15 is 0 Å². The molecule has 0 aliphatic rings. The minimum absolute atomic E-state index is 0. The molecule has 0 rings (SSSR count). The standard InChI is InChI=1S/C4H6O3.K/c1-3(2-5)4(6)7;/h5H,1-2H2,(H,6,7);/q;+1/p-1. The van der Waals surface area contributed by atoms with Crippen LogP contribution in [-0.4, -0.2) is 17.7 Å². The summed E-state index contributed by atoms with van der Waals surface area (Å²) in [6.07, 6.45) is 0. The van der Waals surface area contributed by atoms with Gasteiger partial charge in [0.1, 0.15) is 0 Å². The van der Waals surface area contributed by atoms with Crippen LogP contribution in [-0.2, 0) is 4.79 Å². The Balaban J connectivity index is 0. The number of rotatable bonds is 2. The van der Waals surface area contributed by atoms with Gasteiger partial charge in [-0.25, -0.2) is 0 Å². The maximum Gasteiger partial charge on any atom is 1.00 e. The first kappa shape index (κ1) is 11.6. The Morgan fingerprint density at radius 3 is 2.12 bits per heavy atom. The number of aliphatic carboxylic acids is 1. The Labute approximate surface area is 89.8 Å². The Kier molecular flexibility index (Phi) is 8.59. The van der Waals surface area contributed by atoms with E-state index in [0.29, 0.717) is 0 Å². The van der Waals surface area contributed by atoms with Crippen LogP contribution in [0.4, 0.5) is 0 Å². The third kappa shape index (κ3) is 4.95. The first-order valence-corrected chi connectivity index (χ1v) is 1.68. The van der Waals surface area contributed by atoms with Crippen LogP contribution in [0.15, 0.2) is 12.2 Å². The zero-order chi connectivity index (χ0) is 5.86. The van der Waals surface area contributed by atoms with Gasteiger partial charge in [0.2, 0.25) is 0 Å². The molecule has 0 saturated carbocycles. The number of aliphatic hydroxyl groups is 1. The molecular formula is C4H5KO3. The zero-order valence-electron chi connectivity index (χ0n) is 4.68. The van der Waals surface area contributed by atoms with Gasteiger partial charge in [0.15, 0.2) is 0 Å². The van der Waals surface area contributed by atoms with E-state index in [-0.39, 0.29) is 57.0 Å². The molecule has 40 valence electrons. The van der Waals surface area contributed by atoms with E-state index in [4.69, 9.17) is 5.11 Å². The van der Waals surface area contributed by atoms with Gasteiger partial charge in [-0.3, -0.25) is 0 Å². The average molecular weight is 140 g/mol. The molecule has 0 amide bonds. The fourth-order valence-corrected chi connectivity index (χ4v) is 0.0645. The summed E-state index contributed by atoms with van der Waals surface area (Å²) in [7, 11) is 0. The maximum atomic E-state index is 9.56. The molecule has 3 nitrogen and oxygen atoms in total. The first-order chi connectivity index (χ1) is 3.18. The van der Waals surface area contributed by atoms with Crippen LogP contribution in [0.25, 0.3) is 0 Å². The number of hydrogen-bond donors (Lipinski definition) is 1. The molecule has 0 fully saturated rings. The summed E-state index contributed by atoms with van der Waals surface area (Å²) in [6, 6.07) is 0. The Morgan fingerprint density at radius 2 is 2.12 bits per heavy atom. The van der Waals surface area contributed by atoms with Gasteiger partial charge >= 0.3 is 51.4 Å². The van der Waals surface area contributed by atoms with Crippen molar-refractivity contribution in [2.24, 2.45) is 0 Å². The SMILES string of the molecule is C=C(CO)C(=O)[O-].[K+]. The second kappa shape index (κ2) is 5.93. The van der Waals surface area contributed by atoms with Gasteiger partial charge in [0, 0.05) is 0 Å². The molecule has 0 aliphatic carbocycles. The smallest absolute Gasteiger partial charge is 0.545 e. The molecular weight excluding hydrogens is 135 g/mol. The van der Waals surface area contributed by atoms with Crippen molar-refractivity contribution in [2.75, 3.05) is 6.61 Å². The number of carboxylic acid groups (broad SMARTS) is 1. The molecule has 0 saturated heterocycles. The van der Waals surface area contributed by atoms with Crippen LogP contribution in [0.1, 0.15) is 0 Å². The number of carbonyl (C=O) groups is 1. The molecule has 0 spiro atoms. The summed E-state index contributed by atoms with van der Waals surface area (Å²) in [6.45, 7) is 2.42. The first-order valence-electron chi connectivity index (χ1n) is 1.68. The van der Waals surface area contributed by atoms with Crippen molar-refractivity contribution in [1.29, 1.82) is 0 Å². The van der Waals surface area contributed by atoms with Crippen LogP contribution in [0.5, 0.6) is 0 Å². The molecule has 0 radical (unpaired) electrons. The van der Waals surface area contributed by atoms with Gasteiger partial charge < -0.3 is 15.0 Å². The Morgan fingerprint density at radius 1 is 1.75 bits per heavy atom. The summed E-state index contributed by atoms with van der Waals surface area (Å²) in [5.41, 5.74) is -0.292. The number of carboxylic acids is 1. The fraction of sp³-hybridized carbons (Fsp3) is 0.250. The zero-order valence-corrected chi connectivity index (χ0v) is 7.80. The van der Waals surface area contributed by atoms with Crippen molar-refractivity contribution in [3.8, 4) is 0 Å². The van der Waals surface area contributed by atoms with Crippen LogP contribution in [0, 0.1) is 0 Å². The third-order valence-corrected chi connectivity index (χ3v) is 0.480. The Bertz CT molecular complexity index is 99.5. The second-order valence-electron chi connectivity index (χ2n) is 1.05. The van der Waals surface area contributed by atoms with Gasteiger partial charge in [-0.2, -0.15) is 0 Å². The molecule has 0 aliphatic heterocycles. The van der Waals surface area contributed by atoms with Gasteiger partial charge in [0.05, 0.1) is 12.6 Å². The summed E-state index contributed by atoms with van der Waals surface area (Å²) in [4.78, 5) is 9.56. The van der Waals surface area contributed by atoms with E-state index in [2.05, 4.69) is 6.58 Å². The predicted molar refractivity (Wildman–Crippen MR) is 21.2 cm³/mol. The van der Waals surface area contributed by atoms with Crippen molar-refractivity contribution in [1.82, 2.24) is 0 Å². The minimum atomic E-state index is -1.40. The molecule has 0 heterocycles. The third-order valence-electron chi connectivity index (χ3n) is 0.480. The fourth-order valence-electron chi connectivity index (χ4n) is 0.0645. The molecule has 0 unspecified atom stereocenters. The van der Waals surface area contributed by atoms with Crippen molar-refractivity contribution in [3.05, 3.63) is 12.2 Å². The molecule has 0 bridgehead atoms. The van der Waals surface area contributed by atoms with E-state index in [9.17, 15) is 9.90 Å². The van der Waals surface area contributed by atoms with Gasteiger partial charge in [-0.05, 0) is 5.57 Å². The number of carbonyl (C=O) groups excluding carboxylic acids is 1. The molecule has 1 N–H and O–H groups in total. The predicted octanol–water partition coefficient (Wildman–Crippen LogP) is -4.71. The quantitative estimate of drug-likeness (QED) is 0.310. The molecule has 0 aromatic heterocycles. The maximum absolute atomic E-state index is 9.56. The summed E-state index contributed by atoms with van der Waals surface area (Å²) in [5, 5.41) is 17.5. The van der Waals surface area contributed by atoms with Gasteiger partial charge in [-0.1, -0.05) is 6.58 Å². The molecule has 0 aromatic carbocycles. The van der Waals surface area contributed by atoms with Gasteiger partial charge in [0.25, 0.3) is 0 Å². The summed E-state index contributed by atoms with van der Waals surface area (Å²) < 4.78 is 0.